The third-order valence-electron chi connectivity index (χ3n) is 6.19. The van der Waals surface area contributed by atoms with Crippen molar-refractivity contribution in [1.29, 1.82) is 0 Å². The average molecular weight is 466 g/mol. The van der Waals surface area contributed by atoms with Crippen LogP contribution >= 0.6 is 0 Å². The highest BCUT2D eigenvalue weighted by atomic mass is 32.2. The summed E-state index contributed by atoms with van der Waals surface area (Å²) in [6, 6.07) is 15.4. The van der Waals surface area contributed by atoms with Crippen molar-refractivity contribution in [3.63, 3.8) is 0 Å². The Balaban J connectivity index is 1.12. The van der Waals surface area contributed by atoms with Gasteiger partial charge in [0, 0.05) is 43.2 Å². The van der Waals surface area contributed by atoms with Crippen molar-refractivity contribution in [1.82, 2.24) is 25.4 Å². The molecule has 0 spiro atoms. The fourth-order valence-corrected chi connectivity index (χ4v) is 5.20. The summed E-state index contributed by atoms with van der Waals surface area (Å²) in [6.07, 6.45) is 2.34. The van der Waals surface area contributed by atoms with Gasteiger partial charge in [-0.05, 0) is 36.1 Å². The summed E-state index contributed by atoms with van der Waals surface area (Å²) >= 11 is 0. The molecule has 1 saturated carbocycles. The normalized spacial score (nSPS) is 18.2. The van der Waals surface area contributed by atoms with Crippen LogP contribution in [0, 0.1) is 0 Å². The van der Waals surface area contributed by atoms with E-state index in [2.05, 4.69) is 25.4 Å². The molecule has 2 N–H and O–H groups in total. The standard InChI is InChI=1S/C24H27N5O3S/c30-24(21-9-7-20(8-10-21)23-26-22(27-28-23)19-5-6-19)25-15-17-1-3-18(4-2-17)16-29-11-13-33(31,32)14-12-29/h1-4,7-10,19H,5-6,11-16H2,(H,25,30)(H,26,27,28). The number of sulfone groups is 1. The molecule has 2 aromatic carbocycles. The number of hydrogen-bond acceptors (Lipinski definition) is 6. The molecule has 2 heterocycles. The van der Waals surface area contributed by atoms with E-state index in [1.807, 2.05) is 36.4 Å². The quantitative estimate of drug-likeness (QED) is 0.555. The van der Waals surface area contributed by atoms with E-state index < -0.39 is 9.84 Å². The summed E-state index contributed by atoms with van der Waals surface area (Å²) in [6.45, 7) is 2.34. The maximum absolute atomic E-state index is 12.5. The van der Waals surface area contributed by atoms with Crippen LogP contribution in [0.15, 0.2) is 48.5 Å². The van der Waals surface area contributed by atoms with E-state index in [0.717, 1.165) is 29.1 Å². The highest BCUT2D eigenvalue weighted by Crippen LogP contribution is 2.38. The summed E-state index contributed by atoms with van der Waals surface area (Å²) in [4.78, 5) is 19.3. The van der Waals surface area contributed by atoms with E-state index >= 15 is 0 Å². The summed E-state index contributed by atoms with van der Waals surface area (Å²) in [7, 11) is -2.86. The first-order chi connectivity index (χ1) is 15.9. The van der Waals surface area contributed by atoms with E-state index in [0.29, 0.717) is 36.9 Å². The van der Waals surface area contributed by atoms with Crippen LogP contribution in [-0.4, -0.2) is 59.0 Å². The molecule has 3 aromatic rings. The molecule has 0 atom stereocenters. The minimum atomic E-state index is -2.86. The van der Waals surface area contributed by atoms with Gasteiger partial charge in [-0.2, -0.15) is 5.10 Å². The maximum Gasteiger partial charge on any atom is 0.251 e. The van der Waals surface area contributed by atoms with Gasteiger partial charge in [0.05, 0.1) is 11.5 Å². The van der Waals surface area contributed by atoms with Crippen LogP contribution in [0.3, 0.4) is 0 Å². The van der Waals surface area contributed by atoms with Crippen LogP contribution in [-0.2, 0) is 22.9 Å². The molecular weight excluding hydrogens is 438 g/mol. The molecule has 0 radical (unpaired) electrons. The molecule has 5 rings (SSSR count). The van der Waals surface area contributed by atoms with Gasteiger partial charge < -0.3 is 5.32 Å². The highest BCUT2D eigenvalue weighted by molar-refractivity contribution is 7.91. The number of carbonyl (C=O) groups is 1. The second-order valence-corrected chi connectivity index (χ2v) is 11.1. The van der Waals surface area contributed by atoms with E-state index in [1.54, 1.807) is 12.1 Å². The Labute approximate surface area is 193 Å². The lowest BCUT2D eigenvalue weighted by molar-refractivity contribution is 0.0951. The van der Waals surface area contributed by atoms with Crippen molar-refractivity contribution < 1.29 is 13.2 Å². The fourth-order valence-electron chi connectivity index (χ4n) is 3.93. The van der Waals surface area contributed by atoms with Gasteiger partial charge in [0.25, 0.3) is 5.91 Å². The lowest BCUT2D eigenvalue weighted by Gasteiger charge is -2.26. The highest BCUT2D eigenvalue weighted by Gasteiger charge is 2.27. The van der Waals surface area contributed by atoms with Gasteiger partial charge in [0.2, 0.25) is 0 Å². The molecule has 1 aliphatic carbocycles. The number of nitrogens with one attached hydrogen (secondary N) is 2. The molecule has 1 aromatic heterocycles. The summed E-state index contributed by atoms with van der Waals surface area (Å²) in [5.41, 5.74) is 3.63. The van der Waals surface area contributed by atoms with Crippen LogP contribution in [0.1, 0.15) is 46.1 Å². The van der Waals surface area contributed by atoms with E-state index in [9.17, 15) is 13.2 Å². The van der Waals surface area contributed by atoms with Gasteiger partial charge >= 0.3 is 0 Å². The van der Waals surface area contributed by atoms with E-state index in [4.69, 9.17) is 0 Å². The number of rotatable bonds is 7. The molecular formula is C24H27N5O3S. The lowest BCUT2D eigenvalue weighted by Crippen LogP contribution is -2.39. The van der Waals surface area contributed by atoms with Crippen molar-refractivity contribution in [2.45, 2.75) is 31.8 Å². The maximum atomic E-state index is 12.5. The van der Waals surface area contributed by atoms with Crippen molar-refractivity contribution >= 4 is 15.7 Å². The van der Waals surface area contributed by atoms with Gasteiger partial charge in [-0.25, -0.2) is 13.4 Å². The zero-order valence-electron chi connectivity index (χ0n) is 18.3. The van der Waals surface area contributed by atoms with Crippen LogP contribution in [0.2, 0.25) is 0 Å². The van der Waals surface area contributed by atoms with Crippen molar-refractivity contribution in [3.8, 4) is 11.4 Å². The summed E-state index contributed by atoms with van der Waals surface area (Å²) < 4.78 is 23.1. The minimum absolute atomic E-state index is 0.131. The largest absolute Gasteiger partial charge is 0.348 e. The second kappa shape index (κ2) is 9.07. The predicted molar refractivity (Wildman–Crippen MR) is 125 cm³/mol. The SMILES string of the molecule is O=C(NCc1ccc(CN2CCS(=O)(=O)CC2)cc1)c1ccc(-c2n[nH]c(C3CC3)n2)cc1. The Kier molecular flexibility index (Phi) is 5.99. The number of hydrogen-bond donors (Lipinski definition) is 2. The summed E-state index contributed by atoms with van der Waals surface area (Å²) in [5.74, 6) is 2.47. The number of nitrogens with zero attached hydrogens (tertiary/aromatic N) is 3. The average Bonchev–Trinajstić information content (AvgIpc) is 3.56. The van der Waals surface area contributed by atoms with Gasteiger partial charge in [0.15, 0.2) is 15.7 Å². The van der Waals surface area contributed by atoms with Crippen LogP contribution in [0.5, 0.6) is 0 Å². The smallest absolute Gasteiger partial charge is 0.251 e. The molecule has 33 heavy (non-hydrogen) atoms. The van der Waals surface area contributed by atoms with Crippen molar-refractivity contribution in [2.75, 3.05) is 24.6 Å². The lowest BCUT2D eigenvalue weighted by atomic mass is 10.1. The predicted octanol–water partition coefficient (Wildman–Crippen LogP) is 2.51. The second-order valence-electron chi connectivity index (χ2n) is 8.82. The van der Waals surface area contributed by atoms with Crippen LogP contribution < -0.4 is 5.32 Å². The zero-order chi connectivity index (χ0) is 22.8. The third kappa shape index (κ3) is 5.48. The Morgan fingerprint density at radius 1 is 1.00 bits per heavy atom. The number of aromatic nitrogens is 3. The van der Waals surface area contributed by atoms with Gasteiger partial charge in [-0.3, -0.25) is 14.8 Å². The number of benzene rings is 2. The molecule has 2 fully saturated rings. The summed E-state index contributed by atoms with van der Waals surface area (Å²) in [5, 5.41) is 10.2. The molecule has 0 unspecified atom stereocenters. The molecule has 1 aliphatic heterocycles. The molecule has 172 valence electrons. The van der Waals surface area contributed by atoms with Crippen LogP contribution in [0.4, 0.5) is 0 Å². The van der Waals surface area contributed by atoms with Crippen molar-refractivity contribution in [2.24, 2.45) is 0 Å². The van der Waals surface area contributed by atoms with E-state index in [1.165, 1.54) is 12.8 Å². The Morgan fingerprint density at radius 2 is 1.67 bits per heavy atom. The molecule has 1 saturated heterocycles. The van der Waals surface area contributed by atoms with Crippen LogP contribution in [0.25, 0.3) is 11.4 Å². The molecule has 0 bridgehead atoms. The first-order valence-corrected chi connectivity index (χ1v) is 13.1. The number of aromatic amines is 1. The first kappa shape index (κ1) is 21.8. The van der Waals surface area contributed by atoms with Gasteiger partial charge in [0.1, 0.15) is 5.82 Å². The molecule has 2 aliphatic rings. The monoisotopic (exact) mass is 465 g/mol. The molecule has 9 heteroatoms. The fraction of sp³-hybridized carbons (Fsp3) is 0.375. The Morgan fingerprint density at radius 3 is 2.33 bits per heavy atom. The Bertz CT molecular complexity index is 1220. The molecule has 1 amide bonds. The third-order valence-corrected chi connectivity index (χ3v) is 7.80. The number of carbonyl (C=O) groups excluding carboxylic acids is 1. The Hall–Kier alpha value is -3.04. The number of H-pyrrole nitrogens is 1. The first-order valence-electron chi connectivity index (χ1n) is 11.3. The molecule has 8 nitrogen and oxygen atoms in total. The minimum Gasteiger partial charge on any atom is -0.348 e. The zero-order valence-corrected chi connectivity index (χ0v) is 19.1. The van der Waals surface area contributed by atoms with Gasteiger partial charge in [-0.15, -0.1) is 0 Å². The van der Waals surface area contributed by atoms with E-state index in [-0.39, 0.29) is 17.4 Å². The van der Waals surface area contributed by atoms with Crippen molar-refractivity contribution in [3.05, 3.63) is 71.0 Å². The van der Waals surface area contributed by atoms with Gasteiger partial charge in [-0.1, -0.05) is 36.4 Å². The number of amides is 1. The topological polar surface area (TPSA) is 108 Å².